The van der Waals surface area contributed by atoms with Gasteiger partial charge in [-0.1, -0.05) is 12.1 Å². The third-order valence-electron chi connectivity index (χ3n) is 2.55. The molecule has 0 N–H and O–H groups in total. The number of carbonyl (C=O) groups is 1. The SMILES string of the molecule is N#Cc1cccc(COc2ccc(F)cc2C=O)c1. The van der Waals surface area contributed by atoms with Crippen LogP contribution in [0, 0.1) is 17.1 Å². The van der Waals surface area contributed by atoms with Crippen LogP contribution in [0.1, 0.15) is 21.5 Å². The van der Waals surface area contributed by atoms with Crippen molar-refractivity contribution in [1.29, 1.82) is 5.26 Å². The van der Waals surface area contributed by atoms with Gasteiger partial charge in [0.1, 0.15) is 18.2 Å². The number of hydrogen-bond acceptors (Lipinski definition) is 3. The van der Waals surface area contributed by atoms with Crippen LogP contribution in [0.25, 0.3) is 0 Å². The van der Waals surface area contributed by atoms with Gasteiger partial charge in [-0.2, -0.15) is 5.26 Å². The molecule has 0 radical (unpaired) electrons. The summed E-state index contributed by atoms with van der Waals surface area (Å²) in [5.74, 6) is -0.167. The Morgan fingerprint density at radius 2 is 2.11 bits per heavy atom. The Labute approximate surface area is 109 Å². The first-order chi connectivity index (χ1) is 9.22. The van der Waals surface area contributed by atoms with Crippen molar-refractivity contribution in [3.05, 3.63) is 65.0 Å². The molecule has 0 aliphatic rings. The van der Waals surface area contributed by atoms with E-state index in [9.17, 15) is 9.18 Å². The average Bonchev–Trinajstić information content (AvgIpc) is 2.46. The molecule has 0 saturated carbocycles. The van der Waals surface area contributed by atoms with E-state index in [0.717, 1.165) is 11.6 Å². The van der Waals surface area contributed by atoms with Gasteiger partial charge in [-0.05, 0) is 35.9 Å². The summed E-state index contributed by atoms with van der Waals surface area (Å²) < 4.78 is 18.4. The van der Waals surface area contributed by atoms with Gasteiger partial charge in [0.05, 0.1) is 17.2 Å². The summed E-state index contributed by atoms with van der Waals surface area (Å²) in [6.45, 7) is 0.210. The van der Waals surface area contributed by atoms with Gasteiger partial charge < -0.3 is 4.74 Å². The summed E-state index contributed by atoms with van der Waals surface area (Å²) in [7, 11) is 0. The second-order valence-electron chi connectivity index (χ2n) is 3.90. The summed E-state index contributed by atoms with van der Waals surface area (Å²) in [6, 6.07) is 12.7. The summed E-state index contributed by atoms with van der Waals surface area (Å²) in [6.07, 6.45) is 0.546. The van der Waals surface area contributed by atoms with Gasteiger partial charge in [0.2, 0.25) is 0 Å². The molecule has 3 nitrogen and oxygen atoms in total. The lowest BCUT2D eigenvalue weighted by atomic mass is 10.1. The maximum Gasteiger partial charge on any atom is 0.153 e. The van der Waals surface area contributed by atoms with E-state index in [2.05, 4.69) is 0 Å². The van der Waals surface area contributed by atoms with Crippen molar-refractivity contribution in [3.8, 4) is 11.8 Å². The van der Waals surface area contributed by atoms with E-state index in [1.54, 1.807) is 18.2 Å². The van der Waals surface area contributed by atoms with Gasteiger partial charge >= 0.3 is 0 Å². The molecular formula is C15H10FNO2. The second-order valence-corrected chi connectivity index (χ2v) is 3.90. The minimum Gasteiger partial charge on any atom is -0.488 e. The molecule has 2 rings (SSSR count). The van der Waals surface area contributed by atoms with Crippen LogP contribution < -0.4 is 4.74 Å². The summed E-state index contributed by atoms with van der Waals surface area (Å²) in [5, 5.41) is 8.78. The van der Waals surface area contributed by atoms with E-state index in [-0.39, 0.29) is 12.2 Å². The van der Waals surface area contributed by atoms with Gasteiger partial charge in [-0.3, -0.25) is 4.79 Å². The molecule has 19 heavy (non-hydrogen) atoms. The fourth-order valence-corrected chi connectivity index (χ4v) is 1.63. The van der Waals surface area contributed by atoms with Crippen molar-refractivity contribution in [2.45, 2.75) is 6.61 Å². The minimum absolute atomic E-state index is 0.163. The van der Waals surface area contributed by atoms with E-state index in [1.165, 1.54) is 12.1 Å². The van der Waals surface area contributed by atoms with Crippen LogP contribution in [0.15, 0.2) is 42.5 Å². The van der Waals surface area contributed by atoms with Crippen LogP contribution in [-0.4, -0.2) is 6.29 Å². The van der Waals surface area contributed by atoms with E-state index < -0.39 is 5.82 Å². The number of ether oxygens (including phenoxy) is 1. The number of aldehydes is 1. The fourth-order valence-electron chi connectivity index (χ4n) is 1.63. The van der Waals surface area contributed by atoms with Gasteiger partial charge in [0.25, 0.3) is 0 Å². The monoisotopic (exact) mass is 255 g/mol. The Balaban J connectivity index is 2.14. The number of rotatable bonds is 4. The number of hydrogen-bond donors (Lipinski definition) is 0. The molecule has 0 spiro atoms. The zero-order valence-corrected chi connectivity index (χ0v) is 9.97. The lowest BCUT2D eigenvalue weighted by molar-refractivity contribution is 0.111. The van der Waals surface area contributed by atoms with Gasteiger partial charge in [0, 0.05) is 0 Å². The van der Waals surface area contributed by atoms with Crippen LogP contribution in [0.2, 0.25) is 0 Å². The van der Waals surface area contributed by atoms with Gasteiger partial charge in [-0.25, -0.2) is 4.39 Å². The number of nitriles is 1. The van der Waals surface area contributed by atoms with Crippen molar-refractivity contribution in [3.63, 3.8) is 0 Å². The third kappa shape index (κ3) is 3.17. The van der Waals surface area contributed by atoms with E-state index in [0.29, 0.717) is 17.6 Å². The number of benzene rings is 2. The predicted molar refractivity (Wildman–Crippen MR) is 67.3 cm³/mol. The second kappa shape index (κ2) is 5.78. The van der Waals surface area contributed by atoms with E-state index >= 15 is 0 Å². The lowest BCUT2D eigenvalue weighted by Gasteiger charge is -2.08. The molecule has 0 amide bonds. The smallest absolute Gasteiger partial charge is 0.153 e. The molecule has 0 bridgehead atoms. The first-order valence-corrected chi connectivity index (χ1v) is 5.59. The zero-order valence-electron chi connectivity index (χ0n) is 9.97. The summed E-state index contributed by atoms with van der Waals surface area (Å²) in [4.78, 5) is 10.8. The highest BCUT2D eigenvalue weighted by Gasteiger charge is 2.05. The summed E-state index contributed by atoms with van der Waals surface area (Å²) in [5.41, 5.74) is 1.51. The standard InChI is InChI=1S/C15H10FNO2/c16-14-4-5-15(13(7-14)9-18)19-10-12-3-1-2-11(6-12)8-17/h1-7,9H,10H2. The van der Waals surface area contributed by atoms with Crippen molar-refractivity contribution >= 4 is 6.29 Å². The normalized spacial score (nSPS) is 9.68. The molecule has 0 aliphatic heterocycles. The number of halogens is 1. The molecule has 0 unspecified atom stereocenters. The molecule has 0 aliphatic carbocycles. The van der Waals surface area contributed by atoms with E-state index in [4.69, 9.17) is 10.00 Å². The Morgan fingerprint density at radius 1 is 1.26 bits per heavy atom. The average molecular weight is 255 g/mol. The predicted octanol–water partition coefficient (Wildman–Crippen LogP) is 3.09. The number of carbonyl (C=O) groups excluding carboxylic acids is 1. The molecule has 2 aromatic carbocycles. The zero-order chi connectivity index (χ0) is 13.7. The van der Waals surface area contributed by atoms with Crippen LogP contribution in [0.3, 0.4) is 0 Å². The Morgan fingerprint density at radius 3 is 2.84 bits per heavy atom. The van der Waals surface area contributed by atoms with Crippen LogP contribution in [-0.2, 0) is 6.61 Å². The minimum atomic E-state index is -0.485. The first kappa shape index (κ1) is 12.8. The first-order valence-electron chi connectivity index (χ1n) is 5.59. The lowest BCUT2D eigenvalue weighted by Crippen LogP contribution is -1.99. The van der Waals surface area contributed by atoms with Crippen molar-refractivity contribution < 1.29 is 13.9 Å². The van der Waals surface area contributed by atoms with E-state index in [1.807, 2.05) is 12.1 Å². The van der Waals surface area contributed by atoms with Gasteiger partial charge in [-0.15, -0.1) is 0 Å². The van der Waals surface area contributed by atoms with Crippen LogP contribution in [0.4, 0.5) is 4.39 Å². The molecule has 2 aromatic rings. The third-order valence-corrected chi connectivity index (χ3v) is 2.55. The molecule has 4 heteroatoms. The molecule has 0 atom stereocenters. The quantitative estimate of drug-likeness (QED) is 0.789. The van der Waals surface area contributed by atoms with Crippen molar-refractivity contribution in [1.82, 2.24) is 0 Å². The Bertz CT molecular complexity index is 647. The van der Waals surface area contributed by atoms with Crippen molar-refractivity contribution in [2.75, 3.05) is 0 Å². The Kier molecular flexibility index (Phi) is 3.89. The van der Waals surface area contributed by atoms with Gasteiger partial charge in [0.15, 0.2) is 6.29 Å². The largest absolute Gasteiger partial charge is 0.488 e. The number of nitrogens with zero attached hydrogens (tertiary/aromatic N) is 1. The van der Waals surface area contributed by atoms with Crippen LogP contribution >= 0.6 is 0 Å². The highest BCUT2D eigenvalue weighted by atomic mass is 19.1. The Hall–Kier alpha value is -2.67. The molecule has 94 valence electrons. The highest BCUT2D eigenvalue weighted by Crippen LogP contribution is 2.19. The fraction of sp³-hybridized carbons (Fsp3) is 0.0667. The molecular weight excluding hydrogens is 245 g/mol. The molecule has 0 heterocycles. The maximum absolute atomic E-state index is 12.9. The molecule has 0 fully saturated rings. The highest BCUT2D eigenvalue weighted by molar-refractivity contribution is 5.79. The maximum atomic E-state index is 12.9. The summed E-state index contributed by atoms with van der Waals surface area (Å²) >= 11 is 0. The molecule has 0 saturated heterocycles. The topological polar surface area (TPSA) is 50.1 Å². The van der Waals surface area contributed by atoms with Crippen molar-refractivity contribution in [2.24, 2.45) is 0 Å². The molecule has 0 aromatic heterocycles. The van der Waals surface area contributed by atoms with Crippen LogP contribution in [0.5, 0.6) is 5.75 Å².